The summed E-state index contributed by atoms with van der Waals surface area (Å²) in [6.45, 7) is 1.66. The van der Waals surface area contributed by atoms with Gasteiger partial charge in [0.25, 0.3) is 0 Å². The van der Waals surface area contributed by atoms with Gasteiger partial charge in [-0.3, -0.25) is 4.79 Å². The Labute approximate surface area is 88.0 Å². The van der Waals surface area contributed by atoms with Crippen molar-refractivity contribution in [3.8, 4) is 0 Å². The van der Waals surface area contributed by atoms with Gasteiger partial charge in [0.05, 0.1) is 0 Å². The van der Waals surface area contributed by atoms with E-state index in [9.17, 15) is 9.90 Å². The molecule has 0 radical (unpaired) electrons. The van der Waals surface area contributed by atoms with Crippen LogP contribution in [0.3, 0.4) is 0 Å². The highest BCUT2D eigenvalue weighted by molar-refractivity contribution is 5.98. The molecule has 1 heterocycles. The van der Waals surface area contributed by atoms with Gasteiger partial charge in [-0.2, -0.15) is 0 Å². The first-order valence-electron chi connectivity index (χ1n) is 4.77. The topological polar surface area (TPSA) is 46.5 Å². The molecule has 0 amide bonds. The second-order valence-corrected chi connectivity index (χ2v) is 3.63. The fraction of sp³-hybridized carbons (Fsp3) is 0.250. The summed E-state index contributed by atoms with van der Waals surface area (Å²) >= 11 is 0. The minimum Gasteiger partial charge on any atom is -0.365 e. The smallest absolute Gasteiger partial charge is 0.191 e. The Balaban J connectivity index is 2.42. The SMILES string of the molecule is CC1(c2ccccc2)OC(O)C=CC1=O. The molecular weight excluding hydrogens is 192 g/mol. The van der Waals surface area contributed by atoms with Gasteiger partial charge >= 0.3 is 0 Å². The molecule has 0 saturated heterocycles. The molecule has 1 aromatic rings. The number of hydrogen-bond donors (Lipinski definition) is 1. The quantitative estimate of drug-likeness (QED) is 0.751. The lowest BCUT2D eigenvalue weighted by molar-refractivity contribution is -0.177. The summed E-state index contributed by atoms with van der Waals surface area (Å²) in [6.07, 6.45) is 1.68. The van der Waals surface area contributed by atoms with Crippen molar-refractivity contribution >= 4 is 5.78 Å². The van der Waals surface area contributed by atoms with Gasteiger partial charge in [-0.25, -0.2) is 0 Å². The number of carbonyl (C=O) groups is 1. The largest absolute Gasteiger partial charge is 0.365 e. The molecule has 1 aliphatic rings. The molecule has 0 aliphatic carbocycles. The maximum Gasteiger partial charge on any atom is 0.191 e. The molecule has 2 unspecified atom stereocenters. The summed E-state index contributed by atoms with van der Waals surface area (Å²) in [6, 6.07) is 9.16. The van der Waals surface area contributed by atoms with E-state index < -0.39 is 11.9 Å². The minimum absolute atomic E-state index is 0.154. The molecule has 0 bridgehead atoms. The van der Waals surface area contributed by atoms with Gasteiger partial charge in [0.2, 0.25) is 0 Å². The van der Waals surface area contributed by atoms with E-state index in [1.165, 1.54) is 12.2 Å². The number of ether oxygens (including phenoxy) is 1. The molecule has 1 aliphatic heterocycles. The second kappa shape index (κ2) is 3.61. The third kappa shape index (κ3) is 1.71. The van der Waals surface area contributed by atoms with Gasteiger partial charge in [-0.15, -0.1) is 0 Å². The number of hydrogen-bond acceptors (Lipinski definition) is 3. The van der Waals surface area contributed by atoms with Crippen LogP contribution in [-0.2, 0) is 15.1 Å². The number of aliphatic hydroxyl groups is 1. The minimum atomic E-state index is -1.07. The van der Waals surface area contributed by atoms with Crippen LogP contribution in [0, 0.1) is 0 Å². The number of benzene rings is 1. The van der Waals surface area contributed by atoms with Gasteiger partial charge < -0.3 is 9.84 Å². The lowest BCUT2D eigenvalue weighted by atomic mass is 9.89. The van der Waals surface area contributed by atoms with Crippen molar-refractivity contribution in [1.29, 1.82) is 0 Å². The van der Waals surface area contributed by atoms with Gasteiger partial charge in [0, 0.05) is 0 Å². The van der Waals surface area contributed by atoms with Crippen LogP contribution in [0.5, 0.6) is 0 Å². The van der Waals surface area contributed by atoms with E-state index in [1.54, 1.807) is 6.92 Å². The van der Waals surface area contributed by atoms with Gasteiger partial charge in [0.15, 0.2) is 17.7 Å². The average Bonchev–Trinajstić information content (AvgIpc) is 2.25. The zero-order chi connectivity index (χ0) is 10.9. The van der Waals surface area contributed by atoms with Crippen molar-refractivity contribution in [2.75, 3.05) is 0 Å². The summed E-state index contributed by atoms with van der Waals surface area (Å²) in [5.41, 5.74) is -0.325. The Hall–Kier alpha value is -1.45. The summed E-state index contributed by atoms with van der Waals surface area (Å²) in [4.78, 5) is 11.7. The highest BCUT2D eigenvalue weighted by atomic mass is 16.6. The standard InChI is InChI=1S/C12H12O3/c1-12(9-5-3-2-4-6-9)10(13)7-8-11(14)15-12/h2-8,11,14H,1H3. The first kappa shape index (κ1) is 10.1. The van der Waals surface area contributed by atoms with Crippen molar-refractivity contribution in [2.45, 2.75) is 18.8 Å². The third-order valence-corrected chi connectivity index (χ3v) is 2.56. The highest BCUT2D eigenvalue weighted by Gasteiger charge is 2.38. The molecule has 0 spiro atoms. The van der Waals surface area contributed by atoms with Crippen molar-refractivity contribution in [1.82, 2.24) is 0 Å². The first-order chi connectivity index (χ1) is 7.13. The average molecular weight is 204 g/mol. The van der Waals surface area contributed by atoms with E-state index in [-0.39, 0.29) is 5.78 Å². The van der Waals surface area contributed by atoms with Crippen molar-refractivity contribution < 1.29 is 14.6 Å². The lowest BCUT2D eigenvalue weighted by Gasteiger charge is -2.32. The van der Waals surface area contributed by atoms with Crippen LogP contribution in [0.1, 0.15) is 12.5 Å². The maximum atomic E-state index is 11.7. The number of ketones is 1. The van der Waals surface area contributed by atoms with Gasteiger partial charge in [-0.05, 0) is 24.6 Å². The van der Waals surface area contributed by atoms with E-state index in [1.807, 2.05) is 30.3 Å². The zero-order valence-corrected chi connectivity index (χ0v) is 8.38. The molecule has 0 fully saturated rings. The maximum absolute atomic E-state index is 11.7. The van der Waals surface area contributed by atoms with Crippen LogP contribution in [0.25, 0.3) is 0 Å². The molecule has 1 N–H and O–H groups in total. The number of carbonyl (C=O) groups excluding carboxylic acids is 1. The zero-order valence-electron chi connectivity index (χ0n) is 8.38. The van der Waals surface area contributed by atoms with Gasteiger partial charge in [-0.1, -0.05) is 30.3 Å². The third-order valence-electron chi connectivity index (χ3n) is 2.56. The molecule has 3 nitrogen and oxygen atoms in total. The Morgan fingerprint density at radius 3 is 2.67 bits per heavy atom. The van der Waals surface area contributed by atoms with E-state index >= 15 is 0 Å². The van der Waals surface area contributed by atoms with Crippen molar-refractivity contribution in [2.24, 2.45) is 0 Å². The highest BCUT2D eigenvalue weighted by Crippen LogP contribution is 2.30. The van der Waals surface area contributed by atoms with E-state index in [2.05, 4.69) is 0 Å². The van der Waals surface area contributed by atoms with Gasteiger partial charge in [0.1, 0.15) is 0 Å². The van der Waals surface area contributed by atoms with Crippen LogP contribution in [0.15, 0.2) is 42.5 Å². The van der Waals surface area contributed by atoms with E-state index in [0.717, 1.165) is 5.56 Å². The summed E-state index contributed by atoms with van der Waals surface area (Å²) in [7, 11) is 0. The molecule has 1 aromatic carbocycles. The summed E-state index contributed by atoms with van der Waals surface area (Å²) in [5.74, 6) is -0.154. The molecular formula is C12H12O3. The second-order valence-electron chi connectivity index (χ2n) is 3.63. The molecule has 0 saturated carbocycles. The molecule has 15 heavy (non-hydrogen) atoms. The Kier molecular flexibility index (Phi) is 2.42. The Morgan fingerprint density at radius 2 is 2.00 bits per heavy atom. The van der Waals surface area contributed by atoms with Crippen LogP contribution < -0.4 is 0 Å². The normalized spacial score (nSPS) is 30.5. The van der Waals surface area contributed by atoms with Crippen molar-refractivity contribution in [3.05, 3.63) is 48.0 Å². The molecule has 0 aromatic heterocycles. The summed E-state index contributed by atoms with van der Waals surface area (Å²) < 4.78 is 5.29. The van der Waals surface area contributed by atoms with Crippen LogP contribution in [0.2, 0.25) is 0 Å². The Morgan fingerprint density at radius 1 is 1.33 bits per heavy atom. The Bertz CT molecular complexity index is 397. The predicted molar refractivity (Wildman–Crippen MR) is 55.0 cm³/mol. The molecule has 3 heteroatoms. The first-order valence-corrected chi connectivity index (χ1v) is 4.77. The fourth-order valence-electron chi connectivity index (χ4n) is 1.63. The van der Waals surface area contributed by atoms with Crippen molar-refractivity contribution in [3.63, 3.8) is 0 Å². The molecule has 78 valence electrons. The molecule has 2 atom stereocenters. The van der Waals surface area contributed by atoms with Crippen LogP contribution in [-0.4, -0.2) is 17.2 Å². The fourth-order valence-corrected chi connectivity index (χ4v) is 1.63. The summed E-state index contributed by atoms with van der Waals surface area (Å²) in [5, 5.41) is 9.36. The monoisotopic (exact) mass is 204 g/mol. The van der Waals surface area contributed by atoms with E-state index in [0.29, 0.717) is 0 Å². The van der Waals surface area contributed by atoms with Crippen LogP contribution >= 0.6 is 0 Å². The number of rotatable bonds is 1. The molecule has 2 rings (SSSR count). The predicted octanol–water partition coefficient (Wildman–Crippen LogP) is 1.38. The number of aliphatic hydroxyl groups excluding tert-OH is 1. The lowest BCUT2D eigenvalue weighted by Crippen LogP contribution is -2.40. The van der Waals surface area contributed by atoms with Crippen LogP contribution in [0.4, 0.5) is 0 Å². The van der Waals surface area contributed by atoms with E-state index in [4.69, 9.17) is 4.74 Å².